The van der Waals surface area contributed by atoms with Crippen LogP contribution < -0.4 is 5.32 Å². The second kappa shape index (κ2) is 4.61. The second-order valence-corrected chi connectivity index (χ2v) is 4.72. The van der Waals surface area contributed by atoms with Gasteiger partial charge in [-0.2, -0.15) is 13.2 Å². The van der Waals surface area contributed by atoms with Gasteiger partial charge in [0.1, 0.15) is 5.82 Å². The number of nitrogens with one attached hydrogen (secondary N) is 1. The summed E-state index contributed by atoms with van der Waals surface area (Å²) >= 11 is 1.38. The molecule has 1 N–H and O–H groups in total. The Kier molecular flexibility index (Phi) is 3.30. The normalized spacial score (nSPS) is 11.6. The molecule has 0 unspecified atom stereocenters. The zero-order valence-corrected chi connectivity index (χ0v) is 10.6. The minimum atomic E-state index is -4.37. The summed E-state index contributed by atoms with van der Waals surface area (Å²) in [7, 11) is 1.55. The van der Waals surface area contributed by atoms with Crippen molar-refractivity contribution in [2.24, 2.45) is 0 Å². The number of aryl methyl sites for hydroxylation is 1. The van der Waals surface area contributed by atoms with E-state index in [0.717, 1.165) is 22.6 Å². The maximum absolute atomic E-state index is 12.8. The molecule has 0 aromatic carbocycles. The molecule has 2 aromatic rings. The third kappa shape index (κ3) is 2.48. The number of alkyl halides is 3. The van der Waals surface area contributed by atoms with Crippen molar-refractivity contribution in [3.05, 3.63) is 34.7 Å². The van der Waals surface area contributed by atoms with E-state index in [1.807, 2.05) is 18.4 Å². The summed E-state index contributed by atoms with van der Waals surface area (Å²) in [5.41, 5.74) is 0.584. The highest BCUT2D eigenvalue weighted by molar-refractivity contribution is 7.13. The molecular formula is C12H11F3N2S. The Morgan fingerprint density at radius 1 is 1.28 bits per heavy atom. The zero-order chi connectivity index (χ0) is 13.3. The van der Waals surface area contributed by atoms with Crippen LogP contribution in [0.1, 0.15) is 11.1 Å². The van der Waals surface area contributed by atoms with E-state index in [2.05, 4.69) is 10.3 Å². The Hall–Kier alpha value is -1.56. The molecule has 0 saturated heterocycles. The van der Waals surface area contributed by atoms with E-state index in [9.17, 15) is 13.2 Å². The van der Waals surface area contributed by atoms with Gasteiger partial charge in [-0.1, -0.05) is 0 Å². The van der Waals surface area contributed by atoms with Crippen molar-refractivity contribution in [3.8, 4) is 10.6 Å². The van der Waals surface area contributed by atoms with Gasteiger partial charge in [0.2, 0.25) is 0 Å². The Morgan fingerprint density at radius 3 is 2.50 bits per heavy atom. The standard InChI is InChI=1S/C12H11F3N2S/c1-7-3-4-18-11(7)9-5-8(12(13,14)15)6-10(16-2)17-9/h3-6H,1-2H3,(H,16,17). The third-order valence-corrected chi connectivity index (χ3v) is 3.54. The summed E-state index contributed by atoms with van der Waals surface area (Å²) in [6.45, 7) is 1.85. The van der Waals surface area contributed by atoms with Crippen LogP contribution in [0, 0.1) is 6.92 Å². The fourth-order valence-electron chi connectivity index (χ4n) is 1.57. The van der Waals surface area contributed by atoms with Crippen LogP contribution in [-0.2, 0) is 6.18 Å². The van der Waals surface area contributed by atoms with Crippen molar-refractivity contribution in [1.29, 1.82) is 0 Å². The van der Waals surface area contributed by atoms with Crippen LogP contribution in [0.25, 0.3) is 10.6 Å². The van der Waals surface area contributed by atoms with E-state index in [0.29, 0.717) is 5.69 Å². The van der Waals surface area contributed by atoms with Crippen LogP contribution in [0.15, 0.2) is 23.6 Å². The minimum Gasteiger partial charge on any atom is -0.373 e. The van der Waals surface area contributed by atoms with Crippen molar-refractivity contribution in [3.63, 3.8) is 0 Å². The maximum Gasteiger partial charge on any atom is 0.416 e. The number of pyridine rings is 1. The quantitative estimate of drug-likeness (QED) is 0.887. The average molecular weight is 272 g/mol. The first-order chi connectivity index (χ1) is 8.41. The molecule has 6 heteroatoms. The van der Waals surface area contributed by atoms with Gasteiger partial charge in [-0.25, -0.2) is 4.98 Å². The van der Waals surface area contributed by atoms with E-state index in [1.54, 1.807) is 7.05 Å². The number of hydrogen-bond donors (Lipinski definition) is 1. The first kappa shape index (κ1) is 12.9. The Labute approximate surface area is 106 Å². The molecule has 0 amide bonds. The summed E-state index contributed by atoms with van der Waals surface area (Å²) in [6, 6.07) is 3.95. The monoisotopic (exact) mass is 272 g/mol. The van der Waals surface area contributed by atoms with Gasteiger partial charge in [-0.3, -0.25) is 0 Å². The Bertz CT molecular complexity index is 561. The van der Waals surface area contributed by atoms with Crippen molar-refractivity contribution in [1.82, 2.24) is 4.98 Å². The SMILES string of the molecule is CNc1cc(C(F)(F)F)cc(-c2sccc2C)n1. The van der Waals surface area contributed by atoms with E-state index in [4.69, 9.17) is 0 Å². The van der Waals surface area contributed by atoms with Gasteiger partial charge in [0.25, 0.3) is 0 Å². The molecule has 0 atom stereocenters. The van der Waals surface area contributed by atoms with Crippen LogP contribution in [0.2, 0.25) is 0 Å². The molecule has 0 aliphatic heterocycles. The Balaban J connectivity index is 2.58. The molecule has 0 radical (unpaired) electrons. The lowest BCUT2D eigenvalue weighted by atomic mass is 10.1. The highest BCUT2D eigenvalue weighted by Gasteiger charge is 2.31. The molecule has 18 heavy (non-hydrogen) atoms. The lowest BCUT2D eigenvalue weighted by Gasteiger charge is -2.11. The highest BCUT2D eigenvalue weighted by atomic mass is 32.1. The van der Waals surface area contributed by atoms with E-state index >= 15 is 0 Å². The molecule has 0 saturated carbocycles. The second-order valence-electron chi connectivity index (χ2n) is 3.81. The van der Waals surface area contributed by atoms with Crippen LogP contribution in [0.3, 0.4) is 0 Å². The fraction of sp³-hybridized carbons (Fsp3) is 0.250. The first-order valence-corrected chi connectivity index (χ1v) is 6.11. The number of anilines is 1. The number of nitrogens with zero attached hydrogens (tertiary/aromatic N) is 1. The van der Waals surface area contributed by atoms with Crippen LogP contribution in [0.4, 0.5) is 19.0 Å². The predicted molar refractivity (Wildman–Crippen MR) is 66.8 cm³/mol. The van der Waals surface area contributed by atoms with Crippen molar-refractivity contribution in [2.75, 3.05) is 12.4 Å². The molecule has 0 fully saturated rings. The summed E-state index contributed by atoms with van der Waals surface area (Å²) in [5, 5.41) is 4.49. The molecule has 2 aromatic heterocycles. The van der Waals surface area contributed by atoms with Gasteiger partial charge in [0.15, 0.2) is 0 Å². The van der Waals surface area contributed by atoms with E-state index < -0.39 is 11.7 Å². The summed E-state index contributed by atoms with van der Waals surface area (Å²) in [6.07, 6.45) is -4.37. The molecule has 0 bridgehead atoms. The molecule has 0 spiro atoms. The number of hydrogen-bond acceptors (Lipinski definition) is 3. The van der Waals surface area contributed by atoms with Gasteiger partial charge in [0, 0.05) is 7.05 Å². The maximum atomic E-state index is 12.8. The molecular weight excluding hydrogens is 261 g/mol. The number of halogens is 3. The topological polar surface area (TPSA) is 24.9 Å². The van der Waals surface area contributed by atoms with Crippen LogP contribution in [0.5, 0.6) is 0 Å². The predicted octanol–water partition coefficient (Wildman–Crippen LogP) is 4.18. The van der Waals surface area contributed by atoms with Gasteiger partial charge < -0.3 is 5.32 Å². The molecule has 2 rings (SSSR count). The third-order valence-electron chi connectivity index (χ3n) is 2.50. The number of thiophene rings is 1. The highest BCUT2D eigenvalue weighted by Crippen LogP contribution is 2.35. The summed E-state index contributed by atoms with van der Waals surface area (Å²) in [4.78, 5) is 4.93. The smallest absolute Gasteiger partial charge is 0.373 e. The van der Waals surface area contributed by atoms with Crippen LogP contribution in [-0.4, -0.2) is 12.0 Å². The molecule has 96 valence electrons. The van der Waals surface area contributed by atoms with E-state index in [-0.39, 0.29) is 5.82 Å². The molecule has 0 aliphatic rings. The number of rotatable bonds is 2. The largest absolute Gasteiger partial charge is 0.416 e. The first-order valence-electron chi connectivity index (χ1n) is 5.23. The van der Waals surface area contributed by atoms with Gasteiger partial charge >= 0.3 is 6.18 Å². The molecule has 2 heterocycles. The fourth-order valence-corrected chi connectivity index (χ4v) is 2.46. The van der Waals surface area contributed by atoms with Gasteiger partial charge in [0.05, 0.1) is 16.1 Å². The summed E-state index contributed by atoms with van der Waals surface area (Å²) < 4.78 is 38.3. The number of aromatic nitrogens is 1. The van der Waals surface area contributed by atoms with Crippen molar-refractivity contribution < 1.29 is 13.2 Å². The van der Waals surface area contributed by atoms with Crippen molar-refractivity contribution in [2.45, 2.75) is 13.1 Å². The van der Waals surface area contributed by atoms with Crippen LogP contribution >= 0.6 is 11.3 Å². The Morgan fingerprint density at radius 2 is 2.00 bits per heavy atom. The minimum absolute atomic E-state index is 0.215. The van der Waals surface area contributed by atoms with E-state index in [1.165, 1.54) is 11.3 Å². The van der Waals surface area contributed by atoms with Gasteiger partial charge in [-0.15, -0.1) is 11.3 Å². The molecule has 2 nitrogen and oxygen atoms in total. The van der Waals surface area contributed by atoms with Gasteiger partial charge in [-0.05, 0) is 36.1 Å². The summed E-state index contributed by atoms with van der Waals surface area (Å²) in [5.74, 6) is 0.215. The van der Waals surface area contributed by atoms with Crippen molar-refractivity contribution >= 4 is 17.2 Å². The molecule has 0 aliphatic carbocycles. The average Bonchev–Trinajstić information content (AvgIpc) is 2.73. The lowest BCUT2D eigenvalue weighted by Crippen LogP contribution is -2.07. The lowest BCUT2D eigenvalue weighted by molar-refractivity contribution is -0.137. The zero-order valence-electron chi connectivity index (χ0n) is 9.80.